The quantitative estimate of drug-likeness (QED) is 0.834. The summed E-state index contributed by atoms with van der Waals surface area (Å²) < 4.78 is 5.58. The van der Waals surface area contributed by atoms with Gasteiger partial charge in [0.25, 0.3) is 0 Å². The Balaban J connectivity index is 2.26. The van der Waals surface area contributed by atoms with Crippen LogP contribution in [0.5, 0.6) is 0 Å². The molecule has 0 aliphatic rings. The summed E-state index contributed by atoms with van der Waals surface area (Å²) in [5.74, 6) is -0.341. The van der Waals surface area contributed by atoms with E-state index in [9.17, 15) is 4.79 Å². The van der Waals surface area contributed by atoms with Crippen molar-refractivity contribution in [3.63, 3.8) is 0 Å². The molecule has 0 spiro atoms. The van der Waals surface area contributed by atoms with E-state index in [1.165, 1.54) is 18.4 Å². The molecule has 1 aromatic heterocycles. The predicted octanol–water partition coefficient (Wildman–Crippen LogP) is 4.67. The Bertz CT molecular complexity index is 624. The molecule has 0 fully saturated rings. The minimum Gasteiger partial charge on any atom is -0.465 e. The summed E-state index contributed by atoms with van der Waals surface area (Å²) in [5, 5.41) is 5.34. The van der Waals surface area contributed by atoms with E-state index in [1.807, 2.05) is 43.5 Å². The molecule has 3 nitrogen and oxygen atoms in total. The fraction of sp³-hybridized carbons (Fsp3) is 0.267. The zero-order valence-electron chi connectivity index (χ0n) is 11.6. The second-order valence-corrected chi connectivity index (χ2v) is 6.13. The minimum atomic E-state index is -0.341. The summed E-state index contributed by atoms with van der Waals surface area (Å²) in [6.45, 7) is 3.97. The normalized spacial score (nSPS) is 12.0. The Hall–Kier alpha value is -1.52. The molecular formula is C15H16ClNO2S. The summed E-state index contributed by atoms with van der Waals surface area (Å²) in [6.07, 6.45) is 0. The van der Waals surface area contributed by atoms with E-state index in [0.29, 0.717) is 5.56 Å². The third-order valence-corrected chi connectivity index (χ3v) is 4.15. The van der Waals surface area contributed by atoms with Crippen LogP contribution in [0.15, 0.2) is 29.6 Å². The maximum atomic E-state index is 11.8. The SMILES string of the molecule is COC(=O)c1cc(C)ccc1NC(C)c1csc(Cl)c1. The van der Waals surface area contributed by atoms with Crippen LogP contribution in [0.25, 0.3) is 0 Å². The first-order chi connectivity index (χ1) is 9.51. The minimum absolute atomic E-state index is 0.0601. The molecule has 0 amide bonds. The molecule has 0 radical (unpaired) electrons. The number of thiophene rings is 1. The van der Waals surface area contributed by atoms with Crippen LogP contribution < -0.4 is 5.32 Å². The number of anilines is 1. The average molecular weight is 310 g/mol. The highest BCUT2D eigenvalue weighted by molar-refractivity contribution is 7.14. The van der Waals surface area contributed by atoms with Crippen LogP contribution in [0.2, 0.25) is 4.34 Å². The van der Waals surface area contributed by atoms with Gasteiger partial charge in [0.2, 0.25) is 0 Å². The number of esters is 1. The fourth-order valence-corrected chi connectivity index (χ4v) is 2.91. The number of hydrogen-bond acceptors (Lipinski definition) is 4. The largest absolute Gasteiger partial charge is 0.465 e. The number of aryl methyl sites for hydroxylation is 1. The fourth-order valence-electron chi connectivity index (χ4n) is 1.93. The number of carbonyl (C=O) groups excluding carboxylic acids is 1. The molecule has 2 aromatic rings. The van der Waals surface area contributed by atoms with Gasteiger partial charge in [-0.15, -0.1) is 11.3 Å². The van der Waals surface area contributed by atoms with Gasteiger partial charge in [-0.25, -0.2) is 4.79 Å². The van der Waals surface area contributed by atoms with Crippen molar-refractivity contribution in [2.75, 3.05) is 12.4 Å². The number of carbonyl (C=O) groups is 1. The van der Waals surface area contributed by atoms with Gasteiger partial charge in [-0.05, 0) is 43.0 Å². The van der Waals surface area contributed by atoms with Gasteiger partial charge in [-0.2, -0.15) is 0 Å². The van der Waals surface area contributed by atoms with E-state index in [2.05, 4.69) is 5.32 Å². The first kappa shape index (κ1) is 14.9. The van der Waals surface area contributed by atoms with Gasteiger partial charge < -0.3 is 10.1 Å². The molecule has 1 unspecified atom stereocenters. The molecular weight excluding hydrogens is 294 g/mol. The van der Waals surface area contributed by atoms with Crippen LogP contribution in [-0.2, 0) is 4.74 Å². The maximum absolute atomic E-state index is 11.8. The van der Waals surface area contributed by atoms with Gasteiger partial charge >= 0.3 is 5.97 Å². The van der Waals surface area contributed by atoms with Crippen LogP contribution in [0, 0.1) is 6.92 Å². The van der Waals surface area contributed by atoms with Gasteiger partial charge in [0.15, 0.2) is 0 Å². The highest BCUT2D eigenvalue weighted by Gasteiger charge is 2.15. The van der Waals surface area contributed by atoms with Crippen LogP contribution in [0.1, 0.15) is 34.5 Å². The van der Waals surface area contributed by atoms with Crippen molar-refractivity contribution >= 4 is 34.6 Å². The summed E-state index contributed by atoms with van der Waals surface area (Å²) in [4.78, 5) is 11.8. The van der Waals surface area contributed by atoms with E-state index in [1.54, 1.807) is 0 Å². The van der Waals surface area contributed by atoms with Crippen LogP contribution in [-0.4, -0.2) is 13.1 Å². The van der Waals surface area contributed by atoms with Gasteiger partial charge in [0.05, 0.1) is 17.0 Å². The number of rotatable bonds is 4. The van der Waals surface area contributed by atoms with Crippen molar-refractivity contribution in [3.05, 3.63) is 50.7 Å². The lowest BCUT2D eigenvalue weighted by Gasteiger charge is -2.17. The lowest BCUT2D eigenvalue weighted by Crippen LogP contribution is -2.11. The van der Waals surface area contributed by atoms with Crippen molar-refractivity contribution in [2.45, 2.75) is 19.9 Å². The first-order valence-corrected chi connectivity index (χ1v) is 7.46. The Morgan fingerprint density at radius 1 is 1.40 bits per heavy atom. The highest BCUT2D eigenvalue weighted by atomic mass is 35.5. The molecule has 2 rings (SSSR count). The molecule has 1 atom stereocenters. The number of hydrogen-bond donors (Lipinski definition) is 1. The maximum Gasteiger partial charge on any atom is 0.339 e. The molecule has 106 valence electrons. The number of ether oxygens (including phenoxy) is 1. The Morgan fingerprint density at radius 2 is 2.15 bits per heavy atom. The molecule has 0 bridgehead atoms. The number of methoxy groups -OCH3 is 1. The van der Waals surface area contributed by atoms with Crippen LogP contribution >= 0.6 is 22.9 Å². The van der Waals surface area contributed by atoms with Gasteiger partial charge in [-0.1, -0.05) is 23.2 Å². The lowest BCUT2D eigenvalue weighted by atomic mass is 10.1. The Morgan fingerprint density at radius 3 is 2.75 bits per heavy atom. The topological polar surface area (TPSA) is 38.3 Å². The summed E-state index contributed by atoms with van der Waals surface area (Å²) in [7, 11) is 1.39. The Kier molecular flexibility index (Phi) is 4.68. The van der Waals surface area contributed by atoms with Gasteiger partial charge in [0.1, 0.15) is 0 Å². The molecule has 1 N–H and O–H groups in total. The smallest absolute Gasteiger partial charge is 0.339 e. The van der Waals surface area contributed by atoms with Crippen LogP contribution in [0.3, 0.4) is 0 Å². The zero-order valence-corrected chi connectivity index (χ0v) is 13.1. The standard InChI is InChI=1S/C15H16ClNO2S/c1-9-4-5-13(12(6-9)15(18)19-3)17-10(2)11-7-14(16)20-8-11/h4-8,10,17H,1-3H3. The second-order valence-electron chi connectivity index (χ2n) is 4.59. The molecule has 1 heterocycles. The Labute approximate surface area is 127 Å². The van der Waals surface area contributed by atoms with Crippen molar-refractivity contribution in [3.8, 4) is 0 Å². The monoisotopic (exact) mass is 309 g/mol. The molecule has 5 heteroatoms. The molecule has 0 saturated heterocycles. The van der Waals surface area contributed by atoms with Gasteiger partial charge in [-0.3, -0.25) is 0 Å². The van der Waals surface area contributed by atoms with Crippen molar-refractivity contribution in [1.82, 2.24) is 0 Å². The van der Waals surface area contributed by atoms with Crippen molar-refractivity contribution in [2.24, 2.45) is 0 Å². The zero-order chi connectivity index (χ0) is 14.7. The molecule has 0 saturated carbocycles. The highest BCUT2D eigenvalue weighted by Crippen LogP contribution is 2.28. The number of nitrogens with one attached hydrogen (secondary N) is 1. The third kappa shape index (κ3) is 3.32. The average Bonchev–Trinajstić information content (AvgIpc) is 2.86. The van der Waals surface area contributed by atoms with Crippen LogP contribution in [0.4, 0.5) is 5.69 Å². The van der Waals surface area contributed by atoms with Crippen molar-refractivity contribution in [1.29, 1.82) is 0 Å². The summed E-state index contributed by atoms with van der Waals surface area (Å²) in [5.41, 5.74) is 3.41. The van der Waals surface area contributed by atoms with E-state index in [4.69, 9.17) is 16.3 Å². The predicted molar refractivity (Wildman–Crippen MR) is 83.9 cm³/mol. The molecule has 0 aliphatic heterocycles. The third-order valence-electron chi connectivity index (χ3n) is 3.04. The first-order valence-electron chi connectivity index (χ1n) is 6.20. The number of benzene rings is 1. The van der Waals surface area contributed by atoms with E-state index < -0.39 is 0 Å². The van der Waals surface area contributed by atoms with E-state index in [0.717, 1.165) is 21.2 Å². The number of halogens is 1. The molecule has 20 heavy (non-hydrogen) atoms. The molecule has 1 aromatic carbocycles. The van der Waals surface area contributed by atoms with Gasteiger partial charge in [0, 0.05) is 11.7 Å². The van der Waals surface area contributed by atoms with E-state index in [-0.39, 0.29) is 12.0 Å². The second kappa shape index (κ2) is 6.29. The lowest BCUT2D eigenvalue weighted by molar-refractivity contribution is 0.0601. The van der Waals surface area contributed by atoms with Crippen molar-refractivity contribution < 1.29 is 9.53 Å². The van der Waals surface area contributed by atoms with E-state index >= 15 is 0 Å². The molecule has 0 aliphatic carbocycles. The summed E-state index contributed by atoms with van der Waals surface area (Å²) >= 11 is 7.44. The summed E-state index contributed by atoms with van der Waals surface area (Å²) in [6, 6.07) is 7.66.